The number of nitrogens with zero attached hydrogens (tertiary/aromatic N) is 4. The minimum atomic E-state index is -4.33. The number of carbonyl (C=O) groups is 4. The molecule has 4 aromatic carbocycles. The topological polar surface area (TPSA) is 172 Å². The molecule has 0 saturated carbocycles. The lowest BCUT2D eigenvalue weighted by atomic mass is 9.88. The molecular formula is C39H38FN7O7S. The number of nitrogens with one attached hydrogen (secondary N) is 3. The van der Waals surface area contributed by atoms with Crippen LogP contribution in [0.25, 0.3) is 21.7 Å². The van der Waals surface area contributed by atoms with E-state index in [4.69, 9.17) is 4.74 Å². The number of carbonyl (C=O) groups excluding carboxylic acids is 4. The summed E-state index contributed by atoms with van der Waals surface area (Å²) in [5, 5.41) is 11.4. The molecule has 0 radical (unpaired) electrons. The molecule has 14 nitrogen and oxygen atoms in total. The molecule has 3 fully saturated rings. The van der Waals surface area contributed by atoms with Crippen LogP contribution in [0.4, 0.5) is 15.8 Å². The molecule has 0 aliphatic carbocycles. The Hall–Kier alpha value is -5.87. The summed E-state index contributed by atoms with van der Waals surface area (Å²) < 4.78 is 51.9. The number of ether oxygens (including phenoxy) is 1. The molecule has 8 rings (SSSR count). The molecule has 0 spiro atoms. The number of aromatic nitrogens is 2. The van der Waals surface area contributed by atoms with E-state index in [9.17, 15) is 27.6 Å². The molecule has 1 unspecified atom stereocenters. The van der Waals surface area contributed by atoms with Crippen molar-refractivity contribution in [1.29, 1.82) is 0 Å². The molecule has 3 aliphatic rings. The number of amides is 4. The predicted molar refractivity (Wildman–Crippen MR) is 202 cm³/mol. The molecule has 5 aromatic rings. The number of benzene rings is 4. The number of aryl methyl sites for hydroxylation is 1. The van der Waals surface area contributed by atoms with Crippen molar-refractivity contribution < 1.29 is 36.7 Å². The predicted octanol–water partition coefficient (Wildman–Crippen LogP) is 4.19. The van der Waals surface area contributed by atoms with Gasteiger partial charge in [0.1, 0.15) is 30.6 Å². The molecular weight excluding hydrogens is 730 g/mol. The third-order valence-corrected chi connectivity index (χ3v) is 11.8. The average Bonchev–Trinajstić information content (AvgIpc) is 3.63. The van der Waals surface area contributed by atoms with Crippen molar-refractivity contribution in [2.24, 2.45) is 0 Å². The van der Waals surface area contributed by atoms with Crippen LogP contribution in [0, 0.1) is 12.7 Å². The molecule has 0 bridgehead atoms. The summed E-state index contributed by atoms with van der Waals surface area (Å²) in [5.41, 5.74) is 3.67. The van der Waals surface area contributed by atoms with Gasteiger partial charge in [0.15, 0.2) is 5.82 Å². The number of anilines is 2. The summed E-state index contributed by atoms with van der Waals surface area (Å²) in [4.78, 5) is 51.5. The molecule has 4 amide bonds. The smallest absolute Gasteiger partial charge is 0.326 e. The molecule has 3 N–H and O–H groups in total. The van der Waals surface area contributed by atoms with Crippen LogP contribution in [0.1, 0.15) is 54.5 Å². The zero-order valence-corrected chi connectivity index (χ0v) is 30.7. The van der Waals surface area contributed by atoms with E-state index in [2.05, 4.69) is 32.8 Å². The Morgan fingerprint density at radius 1 is 0.964 bits per heavy atom. The number of hydrogen-bond acceptors (Lipinski definition) is 9. The number of piperidine rings is 2. The lowest BCUT2D eigenvalue weighted by Crippen LogP contribution is -2.42. The first-order valence-corrected chi connectivity index (χ1v) is 19.5. The molecule has 3 aliphatic heterocycles. The lowest BCUT2D eigenvalue weighted by molar-refractivity contribution is -0.136. The Morgan fingerprint density at radius 3 is 2.47 bits per heavy atom. The van der Waals surface area contributed by atoms with Gasteiger partial charge in [0, 0.05) is 22.9 Å². The van der Waals surface area contributed by atoms with Gasteiger partial charge in [-0.15, -0.1) is 0 Å². The second-order valence-corrected chi connectivity index (χ2v) is 15.8. The highest BCUT2D eigenvalue weighted by Crippen LogP contribution is 2.40. The highest BCUT2D eigenvalue weighted by atomic mass is 32.2. The standard InChI is InChI=1S/C39H38FN7O7S/c1-23-30-18-26(7-10-31(30)47(43-23)32-11-12-34(48)42-39(32)51)25-13-15-45(16-14-25)20-35(49)41-28-8-9-29-27(17-28)19-33(54-22-24-5-3-2-4-6-24)38(37(29)40)46-21-36(50)44-55(46,52)53/h2-10,17-19,25,32H,11-16,20-22H2,1H3,(H,41,49)(H,44,50)(H,42,48,51). The van der Waals surface area contributed by atoms with Gasteiger partial charge in [-0.25, -0.2) is 13.4 Å². The summed E-state index contributed by atoms with van der Waals surface area (Å²) in [6.45, 7) is 2.91. The Morgan fingerprint density at radius 2 is 1.75 bits per heavy atom. The van der Waals surface area contributed by atoms with Gasteiger partial charge in [-0.3, -0.25) is 34.1 Å². The maximum Gasteiger partial charge on any atom is 0.326 e. The van der Waals surface area contributed by atoms with Crippen molar-refractivity contribution in [2.45, 2.75) is 51.2 Å². The quantitative estimate of drug-likeness (QED) is 0.186. The summed E-state index contributed by atoms with van der Waals surface area (Å²) >= 11 is 0. The fourth-order valence-corrected chi connectivity index (χ4v) is 8.84. The first kappa shape index (κ1) is 36.1. The van der Waals surface area contributed by atoms with Gasteiger partial charge in [-0.2, -0.15) is 13.5 Å². The molecule has 55 heavy (non-hydrogen) atoms. The SMILES string of the molecule is Cc1nn(C2CCC(=O)NC2=O)c2ccc(C3CCN(CC(=O)Nc4ccc5c(F)c(N6CC(=O)NS6(=O)=O)c(OCc6ccccc6)cc5c4)CC3)cc12. The van der Waals surface area contributed by atoms with Crippen LogP contribution in [-0.4, -0.2) is 72.9 Å². The summed E-state index contributed by atoms with van der Waals surface area (Å²) in [5.74, 6) is -2.29. The fourth-order valence-electron chi connectivity index (χ4n) is 7.68. The first-order valence-electron chi connectivity index (χ1n) is 18.0. The third-order valence-electron chi connectivity index (χ3n) is 10.5. The summed E-state index contributed by atoms with van der Waals surface area (Å²) in [6, 6.07) is 20.9. The molecule has 16 heteroatoms. The van der Waals surface area contributed by atoms with Gasteiger partial charge < -0.3 is 10.1 Å². The van der Waals surface area contributed by atoms with Gasteiger partial charge in [-0.1, -0.05) is 36.4 Å². The van der Waals surface area contributed by atoms with E-state index in [1.807, 2.05) is 48.0 Å². The van der Waals surface area contributed by atoms with E-state index < -0.39 is 34.5 Å². The Balaban J connectivity index is 0.938. The molecule has 1 aromatic heterocycles. The molecule has 284 valence electrons. The summed E-state index contributed by atoms with van der Waals surface area (Å²) in [6.07, 6.45) is 2.38. The minimum Gasteiger partial charge on any atom is -0.487 e. The summed E-state index contributed by atoms with van der Waals surface area (Å²) in [7, 11) is -4.33. The van der Waals surface area contributed by atoms with Crippen LogP contribution in [-0.2, 0) is 36.0 Å². The van der Waals surface area contributed by atoms with Gasteiger partial charge in [-0.05, 0) is 98.1 Å². The van der Waals surface area contributed by atoms with E-state index in [0.29, 0.717) is 34.9 Å². The zero-order valence-electron chi connectivity index (χ0n) is 29.9. The fraction of sp³-hybridized carbons (Fsp3) is 0.308. The van der Waals surface area contributed by atoms with Crippen molar-refractivity contribution in [3.05, 3.63) is 95.4 Å². The second kappa shape index (κ2) is 14.4. The second-order valence-electron chi connectivity index (χ2n) is 14.2. The molecule has 4 heterocycles. The zero-order chi connectivity index (χ0) is 38.4. The van der Waals surface area contributed by atoms with Crippen LogP contribution < -0.4 is 24.4 Å². The number of likely N-dealkylation sites (tertiary alicyclic amines) is 1. The number of rotatable bonds is 9. The normalized spacial score (nSPS) is 19.1. The Kier molecular flexibility index (Phi) is 9.47. The monoisotopic (exact) mass is 767 g/mol. The van der Waals surface area contributed by atoms with Crippen LogP contribution in [0.15, 0.2) is 72.8 Å². The van der Waals surface area contributed by atoms with E-state index in [0.717, 1.165) is 35.0 Å². The maximum absolute atomic E-state index is 16.2. The highest BCUT2D eigenvalue weighted by molar-refractivity contribution is 7.92. The van der Waals surface area contributed by atoms with Gasteiger partial charge in [0.2, 0.25) is 11.8 Å². The number of fused-ring (bicyclic) bond motifs is 2. The lowest BCUT2D eigenvalue weighted by Gasteiger charge is -2.31. The van der Waals surface area contributed by atoms with Crippen molar-refractivity contribution in [3.8, 4) is 5.75 Å². The Bertz CT molecular complexity index is 2480. The molecule has 1 atom stereocenters. The van der Waals surface area contributed by atoms with Gasteiger partial charge >= 0.3 is 10.2 Å². The van der Waals surface area contributed by atoms with E-state index in [-0.39, 0.29) is 60.0 Å². The van der Waals surface area contributed by atoms with Crippen molar-refractivity contribution >= 4 is 66.9 Å². The largest absolute Gasteiger partial charge is 0.487 e. The van der Waals surface area contributed by atoms with Crippen LogP contribution in [0.5, 0.6) is 5.75 Å². The minimum absolute atomic E-state index is 0.0186. The van der Waals surface area contributed by atoms with Gasteiger partial charge in [0.25, 0.3) is 11.8 Å². The van der Waals surface area contributed by atoms with Crippen molar-refractivity contribution in [1.82, 2.24) is 24.7 Å². The number of imide groups is 1. The van der Waals surface area contributed by atoms with E-state index in [1.165, 1.54) is 17.7 Å². The number of hydrogen-bond donors (Lipinski definition) is 3. The number of halogens is 1. The van der Waals surface area contributed by atoms with Crippen LogP contribution in [0.2, 0.25) is 0 Å². The van der Waals surface area contributed by atoms with E-state index in [1.54, 1.807) is 16.8 Å². The van der Waals surface area contributed by atoms with Gasteiger partial charge in [0.05, 0.1) is 17.8 Å². The molecule has 3 saturated heterocycles. The van der Waals surface area contributed by atoms with Crippen molar-refractivity contribution in [3.63, 3.8) is 0 Å². The highest BCUT2D eigenvalue weighted by Gasteiger charge is 2.38. The maximum atomic E-state index is 16.2. The first-order chi connectivity index (χ1) is 26.4. The average molecular weight is 768 g/mol. The van der Waals surface area contributed by atoms with E-state index >= 15 is 4.39 Å². The third kappa shape index (κ3) is 7.22. The van der Waals surface area contributed by atoms with Crippen LogP contribution in [0.3, 0.4) is 0 Å². The van der Waals surface area contributed by atoms with Crippen molar-refractivity contribution in [2.75, 3.05) is 35.8 Å². The Labute approximate surface area is 315 Å². The van der Waals surface area contributed by atoms with Crippen LogP contribution >= 0.6 is 0 Å².